The summed E-state index contributed by atoms with van der Waals surface area (Å²) in [4.78, 5) is 0. The van der Waals surface area contributed by atoms with Gasteiger partial charge in [-0.05, 0) is 22.9 Å². The monoisotopic (exact) mass is 213 g/mol. The summed E-state index contributed by atoms with van der Waals surface area (Å²) in [5, 5.41) is 2.87. The van der Waals surface area contributed by atoms with Gasteiger partial charge in [0.15, 0.2) is 0 Å². The zero-order valence-corrected chi connectivity index (χ0v) is 8.40. The van der Waals surface area contributed by atoms with Gasteiger partial charge in [0, 0.05) is 0 Å². The highest BCUT2D eigenvalue weighted by Crippen LogP contribution is 2.25. The molecule has 2 aromatic rings. The second-order valence-electron chi connectivity index (χ2n) is 2.72. The molecule has 0 fully saturated rings. The number of benzene rings is 2. The predicted octanol–water partition coefficient (Wildman–Crippen LogP) is 3.50. The number of halogens is 2. The molecule has 0 atom stereocenters. The maximum Gasteiger partial charge on any atom is 0.0641 e. The molecule has 0 aromatic heterocycles. The van der Waals surface area contributed by atoms with Crippen molar-refractivity contribution in [2.24, 2.45) is 0 Å². The van der Waals surface area contributed by atoms with Crippen molar-refractivity contribution in [3.05, 3.63) is 41.4 Å². The van der Waals surface area contributed by atoms with E-state index in [0.717, 1.165) is 10.8 Å². The highest BCUT2D eigenvalue weighted by Gasteiger charge is 1.97. The molecule has 0 aliphatic carbocycles. The van der Waals surface area contributed by atoms with Crippen LogP contribution in [0.15, 0.2) is 36.4 Å². The van der Waals surface area contributed by atoms with Crippen LogP contribution in [0.4, 0.5) is 5.69 Å². The second kappa shape index (κ2) is 3.86. The summed E-state index contributed by atoms with van der Waals surface area (Å²) in [6.45, 7) is 0. The highest BCUT2D eigenvalue weighted by atomic mass is 35.5. The maximum absolute atomic E-state index is 5.86. The Morgan fingerprint density at radius 2 is 1.54 bits per heavy atom. The summed E-state index contributed by atoms with van der Waals surface area (Å²) in [5.74, 6) is 0. The average molecular weight is 214 g/mol. The lowest BCUT2D eigenvalue weighted by atomic mass is 10.1. The standard InChI is InChI=1S/C10H8ClN.ClH/c11-9-5-7-3-1-2-4-8(7)6-10(9)12;/h1-6H,12H2;1H. The molecule has 0 aliphatic rings. The van der Waals surface area contributed by atoms with Crippen LogP contribution in [0.3, 0.4) is 0 Å². The summed E-state index contributed by atoms with van der Waals surface area (Å²) < 4.78 is 0. The van der Waals surface area contributed by atoms with Gasteiger partial charge in [0.05, 0.1) is 10.7 Å². The Bertz CT molecular complexity index is 386. The van der Waals surface area contributed by atoms with E-state index in [0.29, 0.717) is 10.7 Å². The van der Waals surface area contributed by atoms with E-state index in [1.165, 1.54) is 0 Å². The molecule has 2 aromatic carbocycles. The summed E-state index contributed by atoms with van der Waals surface area (Å²) in [6.07, 6.45) is 0. The fourth-order valence-corrected chi connectivity index (χ4v) is 1.40. The summed E-state index contributed by atoms with van der Waals surface area (Å²) in [5.41, 5.74) is 6.29. The molecule has 2 N–H and O–H groups in total. The Balaban J connectivity index is 0.000000845. The van der Waals surface area contributed by atoms with E-state index in [4.69, 9.17) is 17.3 Å². The van der Waals surface area contributed by atoms with Crippen LogP contribution in [-0.4, -0.2) is 0 Å². The van der Waals surface area contributed by atoms with Crippen molar-refractivity contribution in [1.29, 1.82) is 0 Å². The van der Waals surface area contributed by atoms with E-state index in [1.807, 2.05) is 36.4 Å². The van der Waals surface area contributed by atoms with Gasteiger partial charge in [-0.3, -0.25) is 0 Å². The number of fused-ring (bicyclic) bond motifs is 1. The third-order valence-corrected chi connectivity index (χ3v) is 2.19. The topological polar surface area (TPSA) is 26.0 Å². The lowest BCUT2D eigenvalue weighted by Gasteiger charge is -2.00. The van der Waals surface area contributed by atoms with Crippen LogP contribution >= 0.6 is 24.0 Å². The normalized spacial score (nSPS) is 9.62. The van der Waals surface area contributed by atoms with Crippen LogP contribution in [0.1, 0.15) is 0 Å². The Kier molecular flexibility index (Phi) is 3.02. The smallest absolute Gasteiger partial charge is 0.0641 e. The lowest BCUT2D eigenvalue weighted by Crippen LogP contribution is -1.85. The molecule has 3 heteroatoms. The van der Waals surface area contributed by atoms with Crippen molar-refractivity contribution >= 4 is 40.5 Å². The molecule has 13 heavy (non-hydrogen) atoms. The molecule has 0 heterocycles. The molecule has 0 aliphatic heterocycles. The van der Waals surface area contributed by atoms with Crippen LogP contribution in [0.25, 0.3) is 10.8 Å². The van der Waals surface area contributed by atoms with E-state index in [1.54, 1.807) is 0 Å². The van der Waals surface area contributed by atoms with Crippen molar-refractivity contribution in [3.8, 4) is 0 Å². The van der Waals surface area contributed by atoms with E-state index in [9.17, 15) is 0 Å². The quantitative estimate of drug-likeness (QED) is 0.667. The van der Waals surface area contributed by atoms with Gasteiger partial charge in [0.25, 0.3) is 0 Å². The van der Waals surface area contributed by atoms with E-state index in [2.05, 4.69) is 0 Å². The van der Waals surface area contributed by atoms with E-state index >= 15 is 0 Å². The van der Waals surface area contributed by atoms with Crippen LogP contribution in [0.5, 0.6) is 0 Å². The number of nitrogens with two attached hydrogens (primary N) is 1. The Hall–Kier alpha value is -0.920. The zero-order valence-electron chi connectivity index (χ0n) is 6.83. The van der Waals surface area contributed by atoms with Gasteiger partial charge in [0.1, 0.15) is 0 Å². The van der Waals surface area contributed by atoms with Gasteiger partial charge in [-0.2, -0.15) is 0 Å². The van der Waals surface area contributed by atoms with Gasteiger partial charge in [0.2, 0.25) is 0 Å². The number of anilines is 1. The zero-order chi connectivity index (χ0) is 8.55. The van der Waals surface area contributed by atoms with Crippen LogP contribution in [0.2, 0.25) is 5.02 Å². The van der Waals surface area contributed by atoms with Gasteiger partial charge >= 0.3 is 0 Å². The Morgan fingerprint density at radius 3 is 2.15 bits per heavy atom. The first-order valence-electron chi connectivity index (χ1n) is 3.71. The number of rotatable bonds is 0. The van der Waals surface area contributed by atoms with Gasteiger partial charge in [-0.1, -0.05) is 35.9 Å². The molecule has 0 unspecified atom stereocenters. The SMILES string of the molecule is Cl.Nc1cc2ccccc2cc1Cl. The number of hydrogen-bond acceptors (Lipinski definition) is 1. The van der Waals surface area contributed by atoms with Crippen molar-refractivity contribution in [2.45, 2.75) is 0 Å². The third kappa shape index (κ3) is 1.87. The predicted molar refractivity (Wildman–Crippen MR) is 60.6 cm³/mol. The molecular weight excluding hydrogens is 205 g/mol. The van der Waals surface area contributed by atoms with E-state index < -0.39 is 0 Å². The van der Waals surface area contributed by atoms with Crippen molar-refractivity contribution in [2.75, 3.05) is 5.73 Å². The van der Waals surface area contributed by atoms with Gasteiger partial charge in [-0.15, -0.1) is 12.4 Å². The summed E-state index contributed by atoms with van der Waals surface area (Å²) >= 11 is 5.86. The Morgan fingerprint density at radius 1 is 1.00 bits per heavy atom. The largest absolute Gasteiger partial charge is 0.398 e. The molecule has 68 valence electrons. The Labute approximate surface area is 87.9 Å². The molecule has 0 saturated carbocycles. The minimum atomic E-state index is 0. The fraction of sp³-hybridized carbons (Fsp3) is 0. The summed E-state index contributed by atoms with van der Waals surface area (Å²) in [7, 11) is 0. The molecular formula is C10H9Cl2N. The van der Waals surface area contributed by atoms with E-state index in [-0.39, 0.29) is 12.4 Å². The third-order valence-electron chi connectivity index (χ3n) is 1.87. The van der Waals surface area contributed by atoms with Gasteiger partial charge < -0.3 is 5.73 Å². The number of nitrogen functional groups attached to an aromatic ring is 1. The molecule has 0 amide bonds. The molecule has 2 rings (SSSR count). The van der Waals surface area contributed by atoms with Crippen LogP contribution in [0, 0.1) is 0 Å². The van der Waals surface area contributed by atoms with Gasteiger partial charge in [-0.25, -0.2) is 0 Å². The first-order valence-corrected chi connectivity index (χ1v) is 4.09. The number of hydrogen-bond donors (Lipinski definition) is 1. The first-order chi connectivity index (χ1) is 5.77. The molecule has 0 saturated heterocycles. The fourth-order valence-electron chi connectivity index (χ4n) is 1.23. The molecule has 0 spiro atoms. The lowest BCUT2D eigenvalue weighted by molar-refractivity contribution is 1.72. The molecule has 0 bridgehead atoms. The molecule has 0 radical (unpaired) electrons. The minimum absolute atomic E-state index is 0. The summed E-state index contributed by atoms with van der Waals surface area (Å²) in [6, 6.07) is 11.8. The first kappa shape index (κ1) is 10.2. The average Bonchev–Trinajstić information content (AvgIpc) is 2.07. The van der Waals surface area contributed by atoms with Crippen molar-refractivity contribution < 1.29 is 0 Å². The second-order valence-corrected chi connectivity index (χ2v) is 3.13. The molecule has 1 nitrogen and oxygen atoms in total. The maximum atomic E-state index is 5.86. The van der Waals surface area contributed by atoms with Crippen molar-refractivity contribution in [3.63, 3.8) is 0 Å². The minimum Gasteiger partial charge on any atom is -0.398 e. The van der Waals surface area contributed by atoms with Crippen LogP contribution in [-0.2, 0) is 0 Å². The van der Waals surface area contributed by atoms with Crippen molar-refractivity contribution in [1.82, 2.24) is 0 Å². The highest BCUT2D eigenvalue weighted by molar-refractivity contribution is 6.33. The van der Waals surface area contributed by atoms with Crippen LogP contribution < -0.4 is 5.73 Å².